The summed E-state index contributed by atoms with van der Waals surface area (Å²) < 4.78 is 0. The van der Waals surface area contributed by atoms with Crippen LogP contribution in [0, 0.1) is 5.92 Å². The van der Waals surface area contributed by atoms with E-state index >= 15 is 0 Å². The zero-order chi connectivity index (χ0) is 18.4. The van der Waals surface area contributed by atoms with E-state index in [4.69, 9.17) is 11.6 Å². The summed E-state index contributed by atoms with van der Waals surface area (Å²) in [5.41, 5.74) is 0.927. The molecule has 0 saturated carbocycles. The molecule has 6 heteroatoms. The lowest BCUT2D eigenvalue weighted by atomic mass is 9.83. The summed E-state index contributed by atoms with van der Waals surface area (Å²) in [7, 11) is 4.03. The van der Waals surface area contributed by atoms with Crippen molar-refractivity contribution in [3.8, 4) is 0 Å². The van der Waals surface area contributed by atoms with Crippen molar-refractivity contribution < 1.29 is 9.59 Å². The molecule has 1 aromatic rings. The van der Waals surface area contributed by atoms with E-state index in [2.05, 4.69) is 10.2 Å². The number of carbonyl (C=O) groups is 2. The first-order valence-corrected chi connectivity index (χ1v) is 9.29. The molecule has 1 aliphatic rings. The molecule has 0 bridgehead atoms. The van der Waals surface area contributed by atoms with Crippen molar-refractivity contribution in [1.29, 1.82) is 0 Å². The van der Waals surface area contributed by atoms with Gasteiger partial charge in [-0.2, -0.15) is 0 Å². The number of nitrogens with zero attached hydrogens (tertiary/aromatic N) is 2. The second kappa shape index (κ2) is 9.20. The van der Waals surface area contributed by atoms with Crippen molar-refractivity contribution in [2.75, 3.05) is 33.7 Å². The molecule has 1 N–H and O–H groups in total. The lowest BCUT2D eigenvalue weighted by Gasteiger charge is -2.40. The number of amides is 2. The molecule has 1 aliphatic heterocycles. The van der Waals surface area contributed by atoms with Crippen LogP contribution in [0.5, 0.6) is 0 Å². The van der Waals surface area contributed by atoms with Crippen LogP contribution in [0.1, 0.15) is 37.8 Å². The van der Waals surface area contributed by atoms with Gasteiger partial charge in [0.1, 0.15) is 0 Å². The first-order chi connectivity index (χ1) is 11.9. The smallest absolute Gasteiger partial charge is 0.225 e. The Kier molecular flexibility index (Phi) is 7.26. The van der Waals surface area contributed by atoms with Crippen LogP contribution in [0.25, 0.3) is 0 Å². The highest BCUT2D eigenvalue weighted by atomic mass is 35.5. The maximum Gasteiger partial charge on any atom is 0.225 e. The molecule has 5 nitrogen and oxygen atoms in total. The van der Waals surface area contributed by atoms with Crippen molar-refractivity contribution in [3.63, 3.8) is 0 Å². The van der Waals surface area contributed by atoms with Crippen LogP contribution in [0.2, 0.25) is 5.02 Å². The minimum absolute atomic E-state index is 0.0229. The third kappa shape index (κ3) is 5.19. The van der Waals surface area contributed by atoms with Crippen LogP contribution >= 0.6 is 11.6 Å². The van der Waals surface area contributed by atoms with E-state index in [1.54, 1.807) is 4.90 Å². The quantitative estimate of drug-likeness (QED) is 0.756. The lowest BCUT2D eigenvalue weighted by molar-refractivity contribution is -0.143. The molecule has 1 fully saturated rings. The fourth-order valence-electron chi connectivity index (χ4n) is 3.44. The largest absolute Gasteiger partial charge is 0.356 e. The van der Waals surface area contributed by atoms with E-state index in [-0.39, 0.29) is 23.8 Å². The third-order valence-electron chi connectivity index (χ3n) is 4.66. The molecule has 0 spiro atoms. The maximum absolute atomic E-state index is 12.8. The van der Waals surface area contributed by atoms with Crippen molar-refractivity contribution >= 4 is 23.4 Å². The minimum Gasteiger partial charge on any atom is -0.356 e. The predicted octanol–water partition coefficient (Wildman–Crippen LogP) is 2.71. The van der Waals surface area contributed by atoms with Gasteiger partial charge >= 0.3 is 0 Å². The van der Waals surface area contributed by atoms with E-state index in [9.17, 15) is 9.59 Å². The summed E-state index contributed by atoms with van der Waals surface area (Å²) in [6.07, 6.45) is 1.90. The highest BCUT2D eigenvalue weighted by Gasteiger charge is 2.39. The van der Waals surface area contributed by atoms with Gasteiger partial charge in [-0.15, -0.1) is 0 Å². The molecule has 0 aliphatic carbocycles. The second-order valence-corrected chi connectivity index (χ2v) is 7.21. The Morgan fingerprint density at radius 2 is 2.16 bits per heavy atom. The zero-order valence-corrected chi connectivity index (χ0v) is 16.1. The summed E-state index contributed by atoms with van der Waals surface area (Å²) in [5.74, 6) is -0.116. The van der Waals surface area contributed by atoms with Crippen LogP contribution in [0.4, 0.5) is 0 Å². The van der Waals surface area contributed by atoms with E-state index < -0.39 is 0 Å². The predicted molar refractivity (Wildman–Crippen MR) is 100 cm³/mol. The average molecular weight is 366 g/mol. The summed E-state index contributed by atoms with van der Waals surface area (Å²) in [4.78, 5) is 29.0. The molecule has 2 amide bonds. The van der Waals surface area contributed by atoms with E-state index in [1.165, 1.54) is 0 Å². The third-order valence-corrected chi connectivity index (χ3v) is 4.89. The van der Waals surface area contributed by atoms with Gasteiger partial charge < -0.3 is 15.1 Å². The number of halogens is 1. The highest BCUT2D eigenvalue weighted by molar-refractivity contribution is 6.30. The Hall–Kier alpha value is -1.59. The molecule has 1 aromatic carbocycles. The Balaban J connectivity index is 2.15. The Morgan fingerprint density at radius 1 is 1.40 bits per heavy atom. The van der Waals surface area contributed by atoms with Crippen molar-refractivity contribution in [2.24, 2.45) is 5.92 Å². The number of piperidine rings is 1. The Bertz CT molecular complexity index is 606. The van der Waals surface area contributed by atoms with Gasteiger partial charge in [-0.25, -0.2) is 0 Å². The molecule has 1 heterocycles. The monoisotopic (exact) mass is 365 g/mol. The van der Waals surface area contributed by atoms with E-state index in [0.29, 0.717) is 31.0 Å². The highest BCUT2D eigenvalue weighted by Crippen LogP contribution is 2.37. The van der Waals surface area contributed by atoms with Crippen molar-refractivity contribution in [1.82, 2.24) is 15.1 Å². The fourth-order valence-corrected chi connectivity index (χ4v) is 3.64. The molecule has 0 aromatic heterocycles. The molecule has 1 saturated heterocycles. The van der Waals surface area contributed by atoms with Crippen molar-refractivity contribution in [2.45, 2.75) is 32.2 Å². The molecule has 0 unspecified atom stereocenters. The molecule has 2 rings (SSSR count). The number of benzene rings is 1. The summed E-state index contributed by atoms with van der Waals surface area (Å²) in [6, 6.07) is 7.24. The summed E-state index contributed by atoms with van der Waals surface area (Å²) in [6.45, 7) is 4.12. The standard InChI is InChI=1S/C19H28ClN3O2/c1-4-23-17(24)10-9-16(19(25)21-11-6-12-22(2)3)18(23)14-7-5-8-15(20)13-14/h5,7-8,13,16,18H,4,6,9-12H2,1-3H3,(H,21,25)/t16-,18+/m1/s1. The van der Waals surface area contributed by atoms with Crippen LogP contribution in [0.15, 0.2) is 24.3 Å². The number of carbonyl (C=O) groups excluding carboxylic acids is 2. The van der Waals surface area contributed by atoms with Gasteiger partial charge in [0, 0.05) is 24.5 Å². The average Bonchev–Trinajstić information content (AvgIpc) is 2.58. The first kappa shape index (κ1) is 19.7. The Labute approximate surface area is 155 Å². The lowest BCUT2D eigenvalue weighted by Crippen LogP contribution is -2.48. The van der Waals surface area contributed by atoms with E-state index in [0.717, 1.165) is 18.5 Å². The van der Waals surface area contributed by atoms with Gasteiger partial charge in [-0.1, -0.05) is 23.7 Å². The molecular weight excluding hydrogens is 338 g/mol. The maximum atomic E-state index is 12.8. The van der Waals surface area contributed by atoms with Gasteiger partial charge in [0.05, 0.1) is 12.0 Å². The van der Waals surface area contributed by atoms with Gasteiger partial charge in [-0.05, 0) is 58.1 Å². The topological polar surface area (TPSA) is 52.7 Å². The van der Waals surface area contributed by atoms with Crippen LogP contribution in [-0.4, -0.2) is 55.3 Å². The van der Waals surface area contributed by atoms with Gasteiger partial charge in [0.25, 0.3) is 0 Å². The van der Waals surface area contributed by atoms with Crippen molar-refractivity contribution in [3.05, 3.63) is 34.9 Å². The number of likely N-dealkylation sites (tertiary alicyclic amines) is 1. The molecule has 25 heavy (non-hydrogen) atoms. The number of nitrogens with one attached hydrogen (secondary N) is 1. The first-order valence-electron chi connectivity index (χ1n) is 8.91. The molecule has 2 atom stereocenters. The molecule has 0 radical (unpaired) electrons. The van der Waals surface area contributed by atoms with Gasteiger partial charge in [-0.3, -0.25) is 9.59 Å². The van der Waals surface area contributed by atoms with Crippen LogP contribution < -0.4 is 5.32 Å². The SMILES string of the molecule is CCN1C(=O)CC[C@@H](C(=O)NCCCN(C)C)[C@@H]1c1cccc(Cl)c1. The fraction of sp³-hybridized carbons (Fsp3) is 0.579. The summed E-state index contributed by atoms with van der Waals surface area (Å²) >= 11 is 6.14. The zero-order valence-electron chi connectivity index (χ0n) is 15.3. The molecular formula is C19H28ClN3O2. The Morgan fingerprint density at radius 3 is 2.80 bits per heavy atom. The van der Waals surface area contributed by atoms with Gasteiger partial charge in [0.2, 0.25) is 11.8 Å². The number of hydrogen-bond acceptors (Lipinski definition) is 3. The number of hydrogen-bond donors (Lipinski definition) is 1. The summed E-state index contributed by atoms with van der Waals surface area (Å²) in [5, 5.41) is 3.67. The van der Waals surface area contributed by atoms with Crippen LogP contribution in [0.3, 0.4) is 0 Å². The van der Waals surface area contributed by atoms with Crippen LogP contribution in [-0.2, 0) is 9.59 Å². The second-order valence-electron chi connectivity index (χ2n) is 6.77. The van der Waals surface area contributed by atoms with E-state index in [1.807, 2.05) is 45.3 Å². The number of rotatable bonds is 7. The minimum atomic E-state index is -0.251. The molecule has 138 valence electrons. The normalized spacial score (nSPS) is 20.8. The van der Waals surface area contributed by atoms with Gasteiger partial charge in [0.15, 0.2) is 0 Å².